The molecule has 0 aromatic heterocycles. The summed E-state index contributed by atoms with van der Waals surface area (Å²) in [7, 11) is -0.678. The highest BCUT2D eigenvalue weighted by molar-refractivity contribution is 9.10. The van der Waals surface area contributed by atoms with Gasteiger partial charge in [0.2, 0.25) is 0 Å². The third kappa shape index (κ3) is 4.00. The lowest BCUT2D eigenvalue weighted by molar-refractivity contribution is -0.0271. The second kappa shape index (κ2) is 7.03. The molecule has 26 heavy (non-hydrogen) atoms. The van der Waals surface area contributed by atoms with Gasteiger partial charge < -0.3 is 29.2 Å². The first-order chi connectivity index (χ1) is 12.1. The van der Waals surface area contributed by atoms with Crippen LogP contribution >= 0.6 is 15.9 Å². The lowest BCUT2D eigenvalue weighted by Gasteiger charge is -2.27. The van der Waals surface area contributed by atoms with E-state index in [-0.39, 0.29) is 19.8 Å². The minimum atomic E-state index is -0.874. The van der Waals surface area contributed by atoms with Crippen LogP contribution in [0.25, 0.3) is 0 Å². The summed E-state index contributed by atoms with van der Waals surface area (Å²) < 4.78 is 24.0. The topological polar surface area (TPSA) is 86.3 Å². The molecule has 2 unspecified atom stereocenters. The molecule has 0 radical (unpaired) electrons. The van der Waals surface area contributed by atoms with E-state index in [1.54, 1.807) is 27.7 Å². The van der Waals surface area contributed by atoms with Crippen LogP contribution in [0, 0.1) is 0 Å². The number of alkyl carbamates (subject to hydrolysis) is 1. The zero-order chi connectivity index (χ0) is 19.1. The molecule has 2 atom stereocenters. The molecule has 0 saturated carbocycles. The summed E-state index contributed by atoms with van der Waals surface area (Å²) in [5, 5.41) is 12.4. The summed E-state index contributed by atoms with van der Waals surface area (Å²) in [6, 6.07) is 3.72. The van der Waals surface area contributed by atoms with Crippen LogP contribution in [-0.4, -0.2) is 49.3 Å². The number of aliphatic hydroxyl groups is 1. The van der Waals surface area contributed by atoms with Gasteiger partial charge in [-0.15, -0.1) is 0 Å². The van der Waals surface area contributed by atoms with E-state index < -0.39 is 30.5 Å². The second-order valence-corrected chi connectivity index (χ2v) is 8.58. The molecule has 2 N–H and O–H groups in total. The summed E-state index contributed by atoms with van der Waals surface area (Å²) in [4.78, 5) is 12.0. The number of hydrogen-bond donors (Lipinski definition) is 2. The van der Waals surface area contributed by atoms with Crippen LogP contribution in [0.5, 0.6) is 5.75 Å². The number of amides is 1. The third-order valence-corrected chi connectivity index (χ3v) is 4.82. The Kier molecular flexibility index (Phi) is 5.27. The molecule has 1 aromatic carbocycles. The SMILES string of the molecule is CC(C)(C)OC(=O)NCC1OB2OC(C)(CO)COc3ccc(Br)c1c32. The van der Waals surface area contributed by atoms with Crippen molar-refractivity contribution in [2.24, 2.45) is 0 Å². The van der Waals surface area contributed by atoms with E-state index in [0.29, 0.717) is 5.75 Å². The molecule has 0 spiro atoms. The summed E-state index contributed by atoms with van der Waals surface area (Å²) in [6.07, 6.45) is -0.940. The maximum Gasteiger partial charge on any atom is 0.499 e. The molecular formula is C17H23BBrNO6. The molecule has 9 heteroatoms. The first kappa shape index (κ1) is 19.5. The Morgan fingerprint density at radius 1 is 1.50 bits per heavy atom. The molecule has 142 valence electrons. The Bertz CT molecular complexity index is 709. The number of aliphatic hydroxyl groups excluding tert-OH is 1. The molecule has 7 nitrogen and oxygen atoms in total. The van der Waals surface area contributed by atoms with Gasteiger partial charge in [0.1, 0.15) is 23.6 Å². The molecule has 2 heterocycles. The Morgan fingerprint density at radius 2 is 2.23 bits per heavy atom. The van der Waals surface area contributed by atoms with Crippen molar-refractivity contribution in [1.29, 1.82) is 0 Å². The van der Waals surface area contributed by atoms with Crippen molar-refractivity contribution in [3.05, 3.63) is 22.2 Å². The van der Waals surface area contributed by atoms with Crippen molar-refractivity contribution in [1.82, 2.24) is 5.32 Å². The van der Waals surface area contributed by atoms with Crippen LogP contribution in [-0.2, 0) is 14.0 Å². The first-order valence-corrected chi connectivity index (χ1v) is 9.27. The van der Waals surface area contributed by atoms with Crippen LogP contribution in [0.3, 0.4) is 0 Å². The van der Waals surface area contributed by atoms with E-state index in [1.165, 1.54) is 0 Å². The fourth-order valence-electron chi connectivity index (χ4n) is 2.90. The predicted octanol–water partition coefficient (Wildman–Crippen LogP) is 1.90. The van der Waals surface area contributed by atoms with Crippen molar-refractivity contribution < 1.29 is 28.7 Å². The zero-order valence-electron chi connectivity index (χ0n) is 15.3. The van der Waals surface area contributed by atoms with E-state index >= 15 is 0 Å². The first-order valence-electron chi connectivity index (χ1n) is 8.48. The molecule has 0 aliphatic carbocycles. The molecule has 3 rings (SSSR count). The Labute approximate surface area is 161 Å². The summed E-state index contributed by atoms with van der Waals surface area (Å²) in [5.74, 6) is 0.658. The molecule has 2 aliphatic rings. The summed E-state index contributed by atoms with van der Waals surface area (Å²) in [6.45, 7) is 7.43. The van der Waals surface area contributed by atoms with Crippen LogP contribution in [0.2, 0.25) is 0 Å². The molecule has 1 amide bonds. The van der Waals surface area contributed by atoms with Crippen molar-refractivity contribution >= 4 is 34.6 Å². The molecule has 0 fully saturated rings. The lowest BCUT2D eigenvalue weighted by Crippen LogP contribution is -2.45. The normalized spacial score (nSPS) is 24.5. The van der Waals surface area contributed by atoms with Crippen LogP contribution in [0.15, 0.2) is 16.6 Å². The highest BCUT2D eigenvalue weighted by atomic mass is 79.9. The van der Waals surface area contributed by atoms with E-state index in [1.807, 2.05) is 12.1 Å². The number of carbonyl (C=O) groups excluding carboxylic acids is 1. The number of ether oxygens (including phenoxy) is 2. The van der Waals surface area contributed by atoms with Crippen molar-refractivity contribution in [3.8, 4) is 5.75 Å². The highest BCUT2D eigenvalue weighted by Crippen LogP contribution is 2.37. The molecule has 0 bridgehead atoms. The monoisotopic (exact) mass is 427 g/mol. The number of carbonyl (C=O) groups is 1. The minimum absolute atomic E-state index is 0.196. The van der Waals surface area contributed by atoms with E-state index in [2.05, 4.69) is 21.2 Å². The molecular weight excluding hydrogens is 405 g/mol. The maximum atomic E-state index is 12.0. The zero-order valence-corrected chi connectivity index (χ0v) is 16.9. The van der Waals surface area contributed by atoms with Gasteiger partial charge in [-0.05, 0) is 45.4 Å². The predicted molar refractivity (Wildman–Crippen MR) is 99.7 cm³/mol. The van der Waals surface area contributed by atoms with Crippen molar-refractivity contribution in [2.75, 3.05) is 19.8 Å². The standard InChI is InChI=1S/C17H23BBrNO6/c1-16(2,3)24-15(22)20-7-12-13-10(19)5-6-11-14(13)18(25-12)26-17(4,8-21)9-23-11/h5-6,12,21H,7-9H2,1-4H3,(H,20,22). The van der Waals surface area contributed by atoms with Gasteiger partial charge in [-0.1, -0.05) is 15.9 Å². The van der Waals surface area contributed by atoms with Gasteiger partial charge in [0.25, 0.3) is 0 Å². The average Bonchev–Trinajstić information content (AvgIpc) is 2.83. The highest BCUT2D eigenvalue weighted by Gasteiger charge is 2.47. The Balaban J connectivity index is 1.81. The number of hydrogen-bond acceptors (Lipinski definition) is 6. The number of rotatable bonds is 3. The van der Waals surface area contributed by atoms with E-state index in [9.17, 15) is 9.90 Å². The number of benzene rings is 1. The number of nitrogens with one attached hydrogen (secondary N) is 1. The minimum Gasteiger partial charge on any atom is -0.491 e. The van der Waals surface area contributed by atoms with Gasteiger partial charge in [-0.3, -0.25) is 0 Å². The lowest BCUT2D eigenvalue weighted by atomic mass is 9.77. The molecule has 1 aromatic rings. The number of halogens is 1. The fraction of sp³-hybridized carbons (Fsp3) is 0.588. The molecule has 0 saturated heterocycles. The smallest absolute Gasteiger partial charge is 0.491 e. The van der Waals surface area contributed by atoms with Crippen LogP contribution < -0.4 is 15.5 Å². The third-order valence-electron chi connectivity index (χ3n) is 4.13. The average molecular weight is 428 g/mol. The maximum absolute atomic E-state index is 12.0. The Hall–Kier alpha value is -1.29. The van der Waals surface area contributed by atoms with Gasteiger partial charge in [-0.25, -0.2) is 4.79 Å². The van der Waals surface area contributed by atoms with Gasteiger partial charge in [-0.2, -0.15) is 0 Å². The summed E-state index contributed by atoms with van der Waals surface area (Å²) in [5.41, 5.74) is 0.203. The van der Waals surface area contributed by atoms with E-state index in [0.717, 1.165) is 15.5 Å². The largest absolute Gasteiger partial charge is 0.499 e. The quantitative estimate of drug-likeness (QED) is 0.716. The summed E-state index contributed by atoms with van der Waals surface area (Å²) >= 11 is 3.55. The van der Waals surface area contributed by atoms with E-state index in [4.69, 9.17) is 18.8 Å². The second-order valence-electron chi connectivity index (χ2n) is 7.73. The van der Waals surface area contributed by atoms with Crippen LogP contribution in [0.4, 0.5) is 4.79 Å². The Morgan fingerprint density at radius 3 is 2.88 bits per heavy atom. The van der Waals surface area contributed by atoms with Gasteiger partial charge in [0.05, 0.1) is 12.7 Å². The fourth-order valence-corrected chi connectivity index (χ4v) is 3.51. The van der Waals surface area contributed by atoms with Gasteiger partial charge in [0, 0.05) is 16.5 Å². The van der Waals surface area contributed by atoms with Gasteiger partial charge in [0.15, 0.2) is 0 Å². The van der Waals surface area contributed by atoms with Crippen molar-refractivity contribution in [3.63, 3.8) is 0 Å². The molecule has 2 aliphatic heterocycles. The van der Waals surface area contributed by atoms with Crippen LogP contribution in [0.1, 0.15) is 39.4 Å². The van der Waals surface area contributed by atoms with Gasteiger partial charge >= 0.3 is 13.2 Å². The van der Waals surface area contributed by atoms with Crippen molar-refractivity contribution in [2.45, 2.75) is 45.0 Å².